The topological polar surface area (TPSA) is 61.6 Å². The average Bonchev–Trinajstić information content (AvgIpc) is 3.01. The van der Waals surface area contributed by atoms with E-state index < -0.39 is 0 Å². The largest absolute Gasteiger partial charge is 0.493 e. The minimum absolute atomic E-state index is 0.378. The van der Waals surface area contributed by atoms with Crippen molar-refractivity contribution in [1.82, 2.24) is 4.98 Å². The van der Waals surface area contributed by atoms with E-state index in [9.17, 15) is 4.79 Å². The van der Waals surface area contributed by atoms with Gasteiger partial charge in [-0.2, -0.15) is 0 Å². The number of oxazole rings is 1. The van der Waals surface area contributed by atoms with E-state index in [0.717, 1.165) is 11.1 Å². The summed E-state index contributed by atoms with van der Waals surface area (Å²) >= 11 is 1.49. The van der Waals surface area contributed by atoms with Crippen molar-refractivity contribution in [3.63, 3.8) is 0 Å². The highest BCUT2D eigenvalue weighted by Gasteiger charge is 2.07. The highest BCUT2D eigenvalue weighted by Crippen LogP contribution is 2.23. The molecule has 0 aliphatic heterocycles. The van der Waals surface area contributed by atoms with Gasteiger partial charge in [0.2, 0.25) is 0 Å². The zero-order valence-corrected chi connectivity index (χ0v) is 13.3. The lowest BCUT2D eigenvalue weighted by molar-refractivity contribution is 0.0600. The number of ether oxygens (including phenoxy) is 2. The molecule has 0 saturated heterocycles. The van der Waals surface area contributed by atoms with E-state index in [1.807, 2.05) is 24.3 Å². The summed E-state index contributed by atoms with van der Waals surface area (Å²) in [4.78, 5) is 15.8. The number of carbonyl (C=O) groups is 1. The molecule has 0 aliphatic carbocycles. The normalized spacial score (nSPS) is 10.7. The van der Waals surface area contributed by atoms with Gasteiger partial charge in [0.25, 0.3) is 5.22 Å². The van der Waals surface area contributed by atoms with Gasteiger partial charge >= 0.3 is 5.97 Å². The van der Waals surface area contributed by atoms with Gasteiger partial charge in [-0.25, -0.2) is 9.78 Å². The number of esters is 1. The number of hydrogen-bond acceptors (Lipinski definition) is 6. The summed E-state index contributed by atoms with van der Waals surface area (Å²) in [6.07, 6.45) is 0. The highest BCUT2D eigenvalue weighted by molar-refractivity contribution is 7.99. The van der Waals surface area contributed by atoms with Crippen LogP contribution in [0, 0.1) is 0 Å². The molecule has 0 atom stereocenters. The van der Waals surface area contributed by atoms with E-state index >= 15 is 0 Å². The van der Waals surface area contributed by atoms with Crippen LogP contribution < -0.4 is 4.74 Å². The zero-order chi connectivity index (χ0) is 16.1. The van der Waals surface area contributed by atoms with Gasteiger partial charge in [0.15, 0.2) is 5.58 Å². The molecule has 0 spiro atoms. The lowest BCUT2D eigenvalue weighted by Crippen LogP contribution is -2.03. The summed E-state index contributed by atoms with van der Waals surface area (Å²) < 4.78 is 15.9. The van der Waals surface area contributed by atoms with Gasteiger partial charge in [0.05, 0.1) is 19.3 Å². The first kappa shape index (κ1) is 15.4. The first-order valence-electron chi connectivity index (χ1n) is 7.06. The summed E-state index contributed by atoms with van der Waals surface area (Å²) in [5, 5.41) is 0.623. The maximum absolute atomic E-state index is 11.5. The number of rotatable bonds is 6. The number of hydrogen-bond donors (Lipinski definition) is 0. The van der Waals surface area contributed by atoms with Crippen molar-refractivity contribution in [3.05, 3.63) is 54.1 Å². The standard InChI is InChI=1S/C17H15NO4S/c1-20-16(19)12-5-4-6-13(11-12)21-9-10-23-17-18-14-7-2-3-8-15(14)22-17/h2-8,11H,9-10H2,1H3. The fourth-order valence-electron chi connectivity index (χ4n) is 2.03. The molecule has 0 aliphatic rings. The molecule has 3 aromatic rings. The van der Waals surface area contributed by atoms with E-state index in [1.165, 1.54) is 18.9 Å². The third kappa shape index (κ3) is 3.84. The van der Waals surface area contributed by atoms with Crippen LogP contribution in [0.5, 0.6) is 5.75 Å². The molecule has 0 N–H and O–H groups in total. The fourth-order valence-corrected chi connectivity index (χ4v) is 2.68. The number of aromatic nitrogens is 1. The van der Waals surface area contributed by atoms with Crippen molar-refractivity contribution < 1.29 is 18.7 Å². The highest BCUT2D eigenvalue weighted by atomic mass is 32.2. The quantitative estimate of drug-likeness (QED) is 0.389. The summed E-state index contributed by atoms with van der Waals surface area (Å²) in [6, 6.07) is 14.6. The maximum Gasteiger partial charge on any atom is 0.337 e. The molecule has 23 heavy (non-hydrogen) atoms. The molecule has 1 heterocycles. The van der Waals surface area contributed by atoms with E-state index in [0.29, 0.717) is 28.9 Å². The average molecular weight is 329 g/mol. The van der Waals surface area contributed by atoms with Crippen molar-refractivity contribution in [3.8, 4) is 5.75 Å². The van der Waals surface area contributed by atoms with Gasteiger partial charge in [-0.3, -0.25) is 0 Å². The Labute approximate surface area is 137 Å². The Bertz CT molecular complexity index is 782. The Morgan fingerprint density at radius 1 is 1.22 bits per heavy atom. The van der Waals surface area contributed by atoms with Crippen LogP contribution >= 0.6 is 11.8 Å². The van der Waals surface area contributed by atoms with Crippen LogP contribution in [0.25, 0.3) is 11.1 Å². The van der Waals surface area contributed by atoms with Crippen LogP contribution in [0.4, 0.5) is 0 Å². The van der Waals surface area contributed by atoms with Crippen LogP contribution in [0.2, 0.25) is 0 Å². The summed E-state index contributed by atoms with van der Waals surface area (Å²) in [5.41, 5.74) is 2.10. The van der Waals surface area contributed by atoms with E-state index in [-0.39, 0.29) is 5.97 Å². The molecule has 5 nitrogen and oxygen atoms in total. The van der Waals surface area contributed by atoms with Crippen LogP contribution in [-0.4, -0.2) is 30.4 Å². The summed E-state index contributed by atoms with van der Waals surface area (Å²) in [6.45, 7) is 0.480. The Morgan fingerprint density at radius 2 is 2.09 bits per heavy atom. The van der Waals surface area contributed by atoms with Gasteiger partial charge in [0, 0.05) is 5.75 Å². The number of benzene rings is 2. The number of fused-ring (bicyclic) bond motifs is 1. The van der Waals surface area contributed by atoms with Crippen LogP contribution in [0.1, 0.15) is 10.4 Å². The number of carbonyl (C=O) groups excluding carboxylic acids is 1. The van der Waals surface area contributed by atoms with E-state index in [1.54, 1.807) is 24.3 Å². The van der Waals surface area contributed by atoms with Crippen molar-refractivity contribution >= 4 is 28.8 Å². The van der Waals surface area contributed by atoms with Crippen molar-refractivity contribution in [1.29, 1.82) is 0 Å². The molecule has 1 aromatic heterocycles. The zero-order valence-electron chi connectivity index (χ0n) is 12.5. The molecule has 0 amide bonds. The van der Waals surface area contributed by atoms with Crippen LogP contribution in [0.3, 0.4) is 0 Å². The number of para-hydroxylation sites is 2. The first-order chi connectivity index (χ1) is 11.3. The summed E-state index contributed by atoms with van der Waals surface area (Å²) in [7, 11) is 1.35. The minimum atomic E-state index is -0.378. The Balaban J connectivity index is 1.52. The Morgan fingerprint density at radius 3 is 2.91 bits per heavy atom. The van der Waals surface area contributed by atoms with Crippen LogP contribution in [-0.2, 0) is 4.74 Å². The van der Waals surface area contributed by atoms with Crippen LogP contribution in [0.15, 0.2) is 58.2 Å². The molecule has 0 radical (unpaired) electrons. The molecule has 6 heteroatoms. The molecule has 0 saturated carbocycles. The lowest BCUT2D eigenvalue weighted by Gasteiger charge is -2.06. The fraction of sp³-hybridized carbons (Fsp3) is 0.176. The second-order valence-corrected chi connectivity index (χ2v) is 5.71. The van der Waals surface area contributed by atoms with Gasteiger partial charge in [-0.15, -0.1) is 0 Å². The monoisotopic (exact) mass is 329 g/mol. The van der Waals surface area contributed by atoms with Gasteiger partial charge in [-0.1, -0.05) is 30.0 Å². The smallest absolute Gasteiger partial charge is 0.337 e. The molecule has 118 valence electrons. The molecular weight excluding hydrogens is 314 g/mol. The molecule has 0 bridgehead atoms. The van der Waals surface area contributed by atoms with Crippen molar-refractivity contribution in [2.75, 3.05) is 19.5 Å². The lowest BCUT2D eigenvalue weighted by atomic mass is 10.2. The second kappa shape index (κ2) is 7.19. The SMILES string of the molecule is COC(=O)c1cccc(OCCSc2nc3ccccc3o2)c1. The molecule has 2 aromatic carbocycles. The first-order valence-corrected chi connectivity index (χ1v) is 8.04. The predicted octanol–water partition coefficient (Wildman–Crippen LogP) is 3.79. The number of thioether (sulfide) groups is 1. The number of methoxy groups -OCH3 is 1. The third-order valence-electron chi connectivity index (χ3n) is 3.11. The summed E-state index contributed by atoms with van der Waals surface area (Å²) in [5.74, 6) is 0.942. The van der Waals surface area contributed by atoms with E-state index in [2.05, 4.69) is 9.72 Å². The Hall–Kier alpha value is -2.47. The third-order valence-corrected chi connectivity index (χ3v) is 3.90. The van der Waals surface area contributed by atoms with Gasteiger partial charge < -0.3 is 13.9 Å². The molecular formula is C17H15NO4S. The number of nitrogens with zero attached hydrogens (tertiary/aromatic N) is 1. The molecule has 3 rings (SSSR count). The van der Waals surface area contributed by atoms with Gasteiger partial charge in [-0.05, 0) is 30.3 Å². The van der Waals surface area contributed by atoms with Gasteiger partial charge in [0.1, 0.15) is 11.3 Å². The maximum atomic E-state index is 11.5. The minimum Gasteiger partial charge on any atom is -0.493 e. The molecule has 0 fully saturated rings. The predicted molar refractivity (Wildman–Crippen MR) is 88.0 cm³/mol. The second-order valence-electron chi connectivity index (χ2n) is 4.66. The van der Waals surface area contributed by atoms with Crippen molar-refractivity contribution in [2.45, 2.75) is 5.22 Å². The Kier molecular flexibility index (Phi) is 4.83. The van der Waals surface area contributed by atoms with E-state index in [4.69, 9.17) is 9.15 Å². The molecule has 0 unspecified atom stereocenters. The van der Waals surface area contributed by atoms with Crippen molar-refractivity contribution in [2.24, 2.45) is 0 Å².